The molecule has 0 aliphatic rings. The standard InChI is InChI=1S/C17H23N3/c1-4-9-19-17(12-15-7-10-18-11-8-15)16-6-5-13(2)20-14(16)3/h5-8,10-11,17,19H,4,9,12H2,1-3H3. The van der Waals surface area contributed by atoms with Crippen LogP contribution in [-0.2, 0) is 6.42 Å². The van der Waals surface area contributed by atoms with Gasteiger partial charge in [-0.1, -0.05) is 13.0 Å². The van der Waals surface area contributed by atoms with E-state index in [0.717, 1.165) is 30.8 Å². The molecular weight excluding hydrogens is 246 g/mol. The molecule has 1 atom stereocenters. The summed E-state index contributed by atoms with van der Waals surface area (Å²) >= 11 is 0. The van der Waals surface area contributed by atoms with Crippen LogP contribution in [0.4, 0.5) is 0 Å². The first-order valence-electron chi connectivity index (χ1n) is 7.27. The maximum absolute atomic E-state index is 4.59. The average molecular weight is 269 g/mol. The summed E-state index contributed by atoms with van der Waals surface area (Å²) in [6, 6.07) is 8.77. The van der Waals surface area contributed by atoms with Crippen LogP contribution < -0.4 is 5.32 Å². The fraction of sp³-hybridized carbons (Fsp3) is 0.412. The summed E-state index contributed by atoms with van der Waals surface area (Å²) in [6.07, 6.45) is 5.80. The summed E-state index contributed by atoms with van der Waals surface area (Å²) in [5, 5.41) is 3.63. The molecule has 0 aliphatic heterocycles. The smallest absolute Gasteiger partial charge is 0.0423 e. The predicted octanol–water partition coefficient (Wildman–Crippen LogP) is 3.38. The molecule has 2 aromatic rings. The van der Waals surface area contributed by atoms with Crippen LogP contribution in [0.25, 0.3) is 0 Å². The molecule has 106 valence electrons. The largest absolute Gasteiger partial charge is 0.310 e. The van der Waals surface area contributed by atoms with Crippen LogP contribution in [0.2, 0.25) is 0 Å². The molecule has 1 N–H and O–H groups in total. The lowest BCUT2D eigenvalue weighted by Gasteiger charge is -2.21. The van der Waals surface area contributed by atoms with Crippen LogP contribution in [0.5, 0.6) is 0 Å². The third-order valence-electron chi connectivity index (χ3n) is 3.47. The van der Waals surface area contributed by atoms with Gasteiger partial charge in [0.2, 0.25) is 0 Å². The number of nitrogens with zero attached hydrogens (tertiary/aromatic N) is 2. The van der Waals surface area contributed by atoms with E-state index >= 15 is 0 Å². The van der Waals surface area contributed by atoms with E-state index < -0.39 is 0 Å². The number of aryl methyl sites for hydroxylation is 2. The molecule has 1 unspecified atom stereocenters. The summed E-state index contributed by atoms with van der Waals surface area (Å²) in [5.74, 6) is 0. The highest BCUT2D eigenvalue weighted by atomic mass is 14.9. The van der Waals surface area contributed by atoms with Gasteiger partial charge in [0.25, 0.3) is 0 Å². The van der Waals surface area contributed by atoms with Gasteiger partial charge in [-0.2, -0.15) is 0 Å². The Kier molecular flexibility index (Phi) is 5.24. The molecule has 3 heteroatoms. The molecule has 0 radical (unpaired) electrons. The van der Waals surface area contributed by atoms with Crippen LogP contribution >= 0.6 is 0 Å². The third-order valence-corrected chi connectivity index (χ3v) is 3.47. The Morgan fingerprint density at radius 2 is 1.85 bits per heavy atom. The van der Waals surface area contributed by atoms with Crippen LogP contribution in [0.1, 0.15) is 41.9 Å². The van der Waals surface area contributed by atoms with Gasteiger partial charge in [0.05, 0.1) is 0 Å². The number of hydrogen-bond donors (Lipinski definition) is 1. The summed E-state index contributed by atoms with van der Waals surface area (Å²) in [4.78, 5) is 8.68. The predicted molar refractivity (Wildman–Crippen MR) is 82.7 cm³/mol. The Morgan fingerprint density at radius 3 is 2.50 bits per heavy atom. The van der Waals surface area contributed by atoms with Crippen molar-refractivity contribution in [2.24, 2.45) is 0 Å². The van der Waals surface area contributed by atoms with Crippen molar-refractivity contribution in [1.29, 1.82) is 0 Å². The second-order valence-electron chi connectivity index (χ2n) is 5.19. The molecule has 20 heavy (non-hydrogen) atoms. The van der Waals surface area contributed by atoms with Gasteiger partial charge >= 0.3 is 0 Å². The second-order valence-corrected chi connectivity index (χ2v) is 5.19. The van der Waals surface area contributed by atoms with Gasteiger partial charge in [0.1, 0.15) is 0 Å². The highest BCUT2D eigenvalue weighted by Crippen LogP contribution is 2.21. The van der Waals surface area contributed by atoms with Crippen LogP contribution in [0, 0.1) is 13.8 Å². The Hall–Kier alpha value is -1.74. The minimum Gasteiger partial charge on any atom is -0.310 e. The molecule has 0 saturated heterocycles. The highest BCUT2D eigenvalue weighted by Gasteiger charge is 2.14. The Bertz CT molecular complexity index is 537. The molecule has 0 amide bonds. The summed E-state index contributed by atoms with van der Waals surface area (Å²) < 4.78 is 0. The van der Waals surface area contributed by atoms with Gasteiger partial charge in [-0.15, -0.1) is 0 Å². The zero-order valence-corrected chi connectivity index (χ0v) is 12.6. The first-order chi connectivity index (χ1) is 9.70. The van der Waals surface area contributed by atoms with Gasteiger partial charge in [-0.25, -0.2) is 0 Å². The van der Waals surface area contributed by atoms with Crippen LogP contribution in [-0.4, -0.2) is 16.5 Å². The van der Waals surface area contributed by atoms with Crippen molar-refractivity contribution in [3.05, 3.63) is 59.2 Å². The van der Waals surface area contributed by atoms with Gasteiger partial charge in [0.15, 0.2) is 0 Å². The normalized spacial score (nSPS) is 12.3. The summed E-state index contributed by atoms with van der Waals surface area (Å²) in [5.41, 5.74) is 4.78. The number of aromatic nitrogens is 2. The summed E-state index contributed by atoms with van der Waals surface area (Å²) in [6.45, 7) is 7.34. The molecule has 2 aromatic heterocycles. The Morgan fingerprint density at radius 1 is 1.10 bits per heavy atom. The van der Waals surface area contributed by atoms with E-state index in [0.29, 0.717) is 6.04 Å². The van der Waals surface area contributed by atoms with E-state index in [9.17, 15) is 0 Å². The van der Waals surface area contributed by atoms with Crippen LogP contribution in [0.15, 0.2) is 36.7 Å². The van der Waals surface area contributed by atoms with Crippen molar-refractivity contribution in [2.45, 2.75) is 39.7 Å². The first-order valence-corrected chi connectivity index (χ1v) is 7.27. The number of hydrogen-bond acceptors (Lipinski definition) is 3. The van der Waals surface area contributed by atoms with Gasteiger partial charge in [0, 0.05) is 29.8 Å². The zero-order chi connectivity index (χ0) is 14.4. The lowest BCUT2D eigenvalue weighted by molar-refractivity contribution is 0.525. The Labute approximate surface area is 121 Å². The number of rotatable bonds is 6. The zero-order valence-electron chi connectivity index (χ0n) is 12.6. The maximum atomic E-state index is 4.59. The first kappa shape index (κ1) is 14.7. The van der Waals surface area contributed by atoms with E-state index in [4.69, 9.17) is 0 Å². The van der Waals surface area contributed by atoms with E-state index in [1.807, 2.05) is 19.3 Å². The van der Waals surface area contributed by atoms with E-state index in [1.54, 1.807) is 0 Å². The molecule has 0 aromatic carbocycles. The van der Waals surface area contributed by atoms with E-state index in [1.165, 1.54) is 11.1 Å². The van der Waals surface area contributed by atoms with Crippen molar-refractivity contribution in [3.63, 3.8) is 0 Å². The van der Waals surface area contributed by atoms with Crippen molar-refractivity contribution < 1.29 is 0 Å². The Balaban J connectivity index is 2.22. The minimum absolute atomic E-state index is 0.311. The van der Waals surface area contributed by atoms with Crippen molar-refractivity contribution in [2.75, 3.05) is 6.54 Å². The minimum atomic E-state index is 0.311. The van der Waals surface area contributed by atoms with Crippen molar-refractivity contribution in [3.8, 4) is 0 Å². The SMILES string of the molecule is CCCNC(Cc1ccncc1)c1ccc(C)nc1C. The molecule has 0 bridgehead atoms. The topological polar surface area (TPSA) is 37.8 Å². The van der Waals surface area contributed by atoms with E-state index in [-0.39, 0.29) is 0 Å². The van der Waals surface area contributed by atoms with Gasteiger partial charge in [-0.3, -0.25) is 9.97 Å². The number of nitrogens with one attached hydrogen (secondary N) is 1. The van der Waals surface area contributed by atoms with Gasteiger partial charge in [-0.05, 0) is 62.6 Å². The van der Waals surface area contributed by atoms with E-state index in [2.05, 4.69) is 53.4 Å². The average Bonchev–Trinajstić information content (AvgIpc) is 2.45. The van der Waals surface area contributed by atoms with Crippen molar-refractivity contribution in [1.82, 2.24) is 15.3 Å². The lowest BCUT2D eigenvalue weighted by Crippen LogP contribution is -2.25. The molecule has 2 rings (SSSR count). The van der Waals surface area contributed by atoms with Gasteiger partial charge < -0.3 is 5.32 Å². The molecular formula is C17H23N3. The molecule has 3 nitrogen and oxygen atoms in total. The van der Waals surface area contributed by atoms with Crippen LogP contribution in [0.3, 0.4) is 0 Å². The quantitative estimate of drug-likeness (QED) is 0.873. The molecule has 0 fully saturated rings. The summed E-state index contributed by atoms with van der Waals surface area (Å²) in [7, 11) is 0. The molecule has 0 aliphatic carbocycles. The lowest BCUT2D eigenvalue weighted by atomic mass is 9.98. The second kappa shape index (κ2) is 7.15. The fourth-order valence-corrected chi connectivity index (χ4v) is 2.43. The molecule has 2 heterocycles. The monoisotopic (exact) mass is 269 g/mol. The van der Waals surface area contributed by atoms with Crippen molar-refractivity contribution >= 4 is 0 Å². The molecule has 0 saturated carbocycles. The number of pyridine rings is 2. The maximum Gasteiger partial charge on any atom is 0.0423 e. The fourth-order valence-electron chi connectivity index (χ4n) is 2.43. The molecule has 0 spiro atoms. The highest BCUT2D eigenvalue weighted by molar-refractivity contribution is 5.27. The third kappa shape index (κ3) is 3.87.